The lowest BCUT2D eigenvalue weighted by Crippen LogP contribution is -2.35. The van der Waals surface area contributed by atoms with E-state index in [-0.39, 0.29) is 11.4 Å². The first-order valence-corrected chi connectivity index (χ1v) is 5.90. The van der Waals surface area contributed by atoms with Crippen LogP contribution in [0.5, 0.6) is 0 Å². The van der Waals surface area contributed by atoms with Gasteiger partial charge in [0.1, 0.15) is 5.82 Å². The number of oxazole rings is 1. The molecule has 3 nitrogen and oxygen atoms in total. The molecule has 0 saturated carbocycles. The smallest absolute Gasteiger partial charge is 0.208 e. The lowest BCUT2D eigenvalue weighted by atomic mass is 10.1. The molecule has 2 rings (SSSR count). The van der Waals surface area contributed by atoms with Crippen LogP contribution in [0.15, 0.2) is 34.9 Å². The maximum absolute atomic E-state index is 13.6. The molecule has 2 aromatic rings. The molecule has 96 valence electrons. The predicted octanol–water partition coefficient (Wildman–Crippen LogP) is 3.37. The van der Waals surface area contributed by atoms with E-state index in [0.29, 0.717) is 23.8 Å². The second kappa shape index (κ2) is 4.90. The minimum Gasteiger partial charge on any atom is -0.439 e. The van der Waals surface area contributed by atoms with Gasteiger partial charge in [0, 0.05) is 5.54 Å². The van der Waals surface area contributed by atoms with E-state index in [1.54, 1.807) is 24.4 Å². The van der Waals surface area contributed by atoms with E-state index >= 15 is 0 Å². The zero-order valence-electron chi connectivity index (χ0n) is 10.8. The molecule has 1 heterocycles. The fraction of sp³-hybridized carbons (Fsp3) is 0.357. The van der Waals surface area contributed by atoms with E-state index < -0.39 is 0 Å². The summed E-state index contributed by atoms with van der Waals surface area (Å²) in [7, 11) is 0. The Balaban J connectivity index is 2.14. The predicted molar refractivity (Wildman–Crippen MR) is 68.5 cm³/mol. The van der Waals surface area contributed by atoms with Crippen molar-refractivity contribution in [2.45, 2.75) is 32.9 Å². The molecular formula is C14H17FN2O. The third-order valence-electron chi connectivity index (χ3n) is 2.46. The highest BCUT2D eigenvalue weighted by molar-refractivity contribution is 5.56. The summed E-state index contributed by atoms with van der Waals surface area (Å²) in [6.45, 7) is 6.72. The minimum atomic E-state index is -0.302. The largest absolute Gasteiger partial charge is 0.439 e. The molecule has 0 bridgehead atoms. The van der Waals surface area contributed by atoms with Gasteiger partial charge in [-0.05, 0) is 32.9 Å². The van der Waals surface area contributed by atoms with Crippen LogP contribution < -0.4 is 5.32 Å². The van der Waals surface area contributed by atoms with E-state index in [1.807, 2.05) is 0 Å². The molecule has 0 saturated heterocycles. The van der Waals surface area contributed by atoms with Crippen molar-refractivity contribution in [3.05, 3.63) is 42.2 Å². The van der Waals surface area contributed by atoms with Gasteiger partial charge in [-0.2, -0.15) is 0 Å². The topological polar surface area (TPSA) is 38.1 Å². The highest BCUT2D eigenvalue weighted by Crippen LogP contribution is 2.23. The van der Waals surface area contributed by atoms with Crippen molar-refractivity contribution in [3.63, 3.8) is 0 Å². The van der Waals surface area contributed by atoms with Gasteiger partial charge in [0.25, 0.3) is 0 Å². The highest BCUT2D eigenvalue weighted by atomic mass is 19.1. The minimum absolute atomic E-state index is 0.00731. The molecule has 0 atom stereocenters. The van der Waals surface area contributed by atoms with E-state index in [9.17, 15) is 4.39 Å². The number of hydrogen-bond acceptors (Lipinski definition) is 3. The van der Waals surface area contributed by atoms with Crippen LogP contribution in [0, 0.1) is 5.82 Å². The van der Waals surface area contributed by atoms with Crippen molar-refractivity contribution in [1.82, 2.24) is 10.3 Å². The van der Waals surface area contributed by atoms with Crippen LogP contribution in [0.4, 0.5) is 4.39 Å². The zero-order valence-corrected chi connectivity index (χ0v) is 10.8. The molecule has 0 aliphatic heterocycles. The maximum Gasteiger partial charge on any atom is 0.208 e. The van der Waals surface area contributed by atoms with Crippen molar-refractivity contribution in [2.24, 2.45) is 0 Å². The van der Waals surface area contributed by atoms with Crippen LogP contribution in [0.1, 0.15) is 26.7 Å². The molecule has 0 spiro atoms. The number of nitrogens with zero attached hydrogens (tertiary/aromatic N) is 1. The first-order chi connectivity index (χ1) is 8.46. The van der Waals surface area contributed by atoms with E-state index in [4.69, 9.17) is 4.42 Å². The van der Waals surface area contributed by atoms with E-state index in [1.165, 1.54) is 6.07 Å². The van der Waals surface area contributed by atoms with Crippen LogP contribution in [0.3, 0.4) is 0 Å². The fourth-order valence-electron chi connectivity index (χ4n) is 1.52. The van der Waals surface area contributed by atoms with Gasteiger partial charge in [-0.1, -0.05) is 12.1 Å². The SMILES string of the molecule is CC(C)(C)NCc1ncc(-c2ccccc2F)o1. The summed E-state index contributed by atoms with van der Waals surface area (Å²) in [5.41, 5.74) is 0.430. The lowest BCUT2D eigenvalue weighted by Gasteiger charge is -2.18. The Morgan fingerprint density at radius 1 is 1.28 bits per heavy atom. The molecule has 0 radical (unpaired) electrons. The number of benzene rings is 1. The van der Waals surface area contributed by atoms with Crippen LogP contribution in [0.2, 0.25) is 0 Å². The molecule has 0 amide bonds. The molecule has 18 heavy (non-hydrogen) atoms. The molecule has 4 heteroatoms. The van der Waals surface area contributed by atoms with E-state index in [2.05, 4.69) is 31.1 Å². The second-order valence-corrected chi connectivity index (χ2v) is 5.20. The Kier molecular flexibility index (Phi) is 3.48. The van der Waals surface area contributed by atoms with Gasteiger partial charge in [0.05, 0.1) is 18.3 Å². The summed E-state index contributed by atoms with van der Waals surface area (Å²) in [4.78, 5) is 4.14. The summed E-state index contributed by atoms with van der Waals surface area (Å²) < 4.78 is 19.1. The van der Waals surface area contributed by atoms with Crippen molar-refractivity contribution in [2.75, 3.05) is 0 Å². The van der Waals surface area contributed by atoms with Gasteiger partial charge >= 0.3 is 0 Å². The molecule has 0 fully saturated rings. The standard InChI is InChI=1S/C14H17FN2O/c1-14(2,3)17-9-13-16-8-12(18-13)10-6-4-5-7-11(10)15/h4-8,17H,9H2,1-3H3. The van der Waals surface area contributed by atoms with Crippen molar-refractivity contribution < 1.29 is 8.81 Å². The van der Waals surface area contributed by atoms with Crippen LogP contribution in [0.25, 0.3) is 11.3 Å². The maximum atomic E-state index is 13.6. The number of halogens is 1. The lowest BCUT2D eigenvalue weighted by molar-refractivity contribution is 0.383. The Morgan fingerprint density at radius 2 is 2.00 bits per heavy atom. The number of aromatic nitrogens is 1. The van der Waals surface area contributed by atoms with Crippen LogP contribution in [-0.4, -0.2) is 10.5 Å². The molecule has 1 aromatic carbocycles. The van der Waals surface area contributed by atoms with Crippen molar-refractivity contribution in [3.8, 4) is 11.3 Å². The van der Waals surface area contributed by atoms with Crippen molar-refractivity contribution in [1.29, 1.82) is 0 Å². The first kappa shape index (κ1) is 12.8. The van der Waals surface area contributed by atoms with Gasteiger partial charge in [0.2, 0.25) is 5.89 Å². The van der Waals surface area contributed by atoms with Crippen LogP contribution in [-0.2, 0) is 6.54 Å². The Labute approximate surface area is 106 Å². The van der Waals surface area contributed by atoms with Crippen LogP contribution >= 0.6 is 0 Å². The first-order valence-electron chi connectivity index (χ1n) is 5.90. The normalized spacial score (nSPS) is 11.8. The third kappa shape index (κ3) is 3.17. The number of hydrogen-bond donors (Lipinski definition) is 1. The average molecular weight is 248 g/mol. The van der Waals surface area contributed by atoms with Gasteiger partial charge in [-0.25, -0.2) is 9.37 Å². The summed E-state index contributed by atoms with van der Waals surface area (Å²) in [6.07, 6.45) is 1.55. The van der Waals surface area contributed by atoms with Gasteiger partial charge < -0.3 is 9.73 Å². The average Bonchev–Trinajstić information content (AvgIpc) is 2.75. The third-order valence-corrected chi connectivity index (χ3v) is 2.46. The fourth-order valence-corrected chi connectivity index (χ4v) is 1.52. The number of rotatable bonds is 3. The molecule has 1 aromatic heterocycles. The monoisotopic (exact) mass is 248 g/mol. The summed E-state index contributed by atoms with van der Waals surface area (Å²) in [5.74, 6) is 0.714. The molecule has 0 aliphatic rings. The summed E-state index contributed by atoms with van der Waals surface area (Å²) >= 11 is 0. The molecule has 0 unspecified atom stereocenters. The molecule has 1 N–H and O–H groups in total. The Morgan fingerprint density at radius 3 is 2.67 bits per heavy atom. The summed E-state index contributed by atoms with van der Waals surface area (Å²) in [6, 6.07) is 6.51. The van der Waals surface area contributed by atoms with Gasteiger partial charge in [-0.3, -0.25) is 0 Å². The second-order valence-electron chi connectivity index (χ2n) is 5.20. The quantitative estimate of drug-likeness (QED) is 0.905. The van der Waals surface area contributed by atoms with Gasteiger partial charge in [0.15, 0.2) is 5.76 Å². The zero-order chi connectivity index (χ0) is 13.2. The van der Waals surface area contributed by atoms with E-state index in [0.717, 1.165) is 0 Å². The Bertz CT molecular complexity index is 529. The van der Waals surface area contributed by atoms with Crippen molar-refractivity contribution >= 4 is 0 Å². The number of nitrogens with one attached hydrogen (secondary N) is 1. The molecule has 0 aliphatic carbocycles. The Hall–Kier alpha value is -1.68. The highest BCUT2D eigenvalue weighted by Gasteiger charge is 2.13. The summed E-state index contributed by atoms with van der Waals surface area (Å²) in [5, 5.41) is 3.27. The molecular weight excluding hydrogens is 231 g/mol. The van der Waals surface area contributed by atoms with Gasteiger partial charge in [-0.15, -0.1) is 0 Å².